The van der Waals surface area contributed by atoms with E-state index < -0.39 is 12.8 Å². The molecule has 0 bridgehead atoms. The fourth-order valence-corrected chi connectivity index (χ4v) is 3.77. The van der Waals surface area contributed by atoms with Crippen LogP contribution in [0.4, 0.5) is 0 Å². The van der Waals surface area contributed by atoms with Crippen LogP contribution in [0.15, 0.2) is 42.5 Å². The minimum Gasteiger partial charge on any atom is -0.468 e. The zero-order chi connectivity index (χ0) is 19.5. The summed E-state index contributed by atoms with van der Waals surface area (Å²) in [7, 11) is 1.38. The predicted octanol–water partition coefficient (Wildman–Crippen LogP) is 3.10. The summed E-state index contributed by atoms with van der Waals surface area (Å²) in [5.74, 6) is 0.367. The number of hydrogen-bond acceptors (Lipinski definition) is 5. The van der Waals surface area contributed by atoms with Crippen LogP contribution < -0.4 is 14.8 Å². The third-order valence-electron chi connectivity index (χ3n) is 5.00. The molecule has 0 saturated heterocycles. The van der Waals surface area contributed by atoms with Gasteiger partial charge in [-0.05, 0) is 29.3 Å². The van der Waals surface area contributed by atoms with Gasteiger partial charge in [0.05, 0.1) is 13.2 Å². The van der Waals surface area contributed by atoms with Crippen molar-refractivity contribution in [1.29, 1.82) is 0 Å². The van der Waals surface area contributed by atoms with Crippen molar-refractivity contribution < 1.29 is 21.7 Å². The number of carbonyl (C=O) groups is 1. The van der Waals surface area contributed by atoms with E-state index in [0.29, 0.717) is 17.9 Å². The lowest BCUT2D eigenvalue weighted by Crippen LogP contribution is -2.45. The lowest BCUT2D eigenvalue weighted by molar-refractivity contribution is -0.143. The summed E-state index contributed by atoms with van der Waals surface area (Å²) in [4.78, 5) is 15.8. The lowest BCUT2D eigenvalue weighted by Gasteiger charge is -2.30. The van der Waals surface area contributed by atoms with Gasteiger partial charge in [-0.2, -0.15) is 0 Å². The normalized spacial score (nSPS) is 23.0. The van der Waals surface area contributed by atoms with Gasteiger partial charge < -0.3 is 19.2 Å². The average Bonchev–Trinajstić information content (AvgIpc) is 3.21. The molecule has 2 atom stereocenters. The number of hydrogen-bond donors (Lipinski definition) is 2. The number of halogens is 1. The number of methoxy groups -OCH3 is 1. The number of nitrogens with one attached hydrogen (secondary N) is 2. The molecule has 0 radical (unpaired) electrons. The molecule has 0 fully saturated rings. The molecule has 7 heteroatoms. The van der Waals surface area contributed by atoms with Crippen molar-refractivity contribution in [1.82, 2.24) is 10.3 Å². The minimum atomic E-state index is -2.18. The van der Waals surface area contributed by atoms with Gasteiger partial charge in [0, 0.05) is 23.0 Å². The topological polar surface area (TPSA) is 72.6 Å². The molecule has 6 nitrogen and oxygen atoms in total. The number of carbonyl (C=O) groups excluding carboxylic acids is 1. The summed E-state index contributed by atoms with van der Waals surface area (Å²) < 4.78 is 30.6. The summed E-state index contributed by atoms with van der Waals surface area (Å²) in [6.07, 6.45) is 0.523. The quantitative estimate of drug-likeness (QED) is 0.660. The summed E-state index contributed by atoms with van der Waals surface area (Å²) in [5.41, 5.74) is 3.88. The highest BCUT2D eigenvalue weighted by Crippen LogP contribution is 2.39. The fourth-order valence-electron chi connectivity index (χ4n) is 3.77. The highest BCUT2D eigenvalue weighted by Gasteiger charge is 2.35. The van der Waals surface area contributed by atoms with E-state index in [-0.39, 0.29) is 24.4 Å². The van der Waals surface area contributed by atoms with Crippen molar-refractivity contribution in [2.75, 3.05) is 13.9 Å². The molecule has 2 aliphatic rings. The highest BCUT2D eigenvalue weighted by atomic mass is 35.5. The Balaban J connectivity index is 0.00000205. The zero-order valence-corrected chi connectivity index (χ0v) is 15.3. The van der Waals surface area contributed by atoms with E-state index in [1.54, 1.807) is 12.1 Å². The van der Waals surface area contributed by atoms with Crippen LogP contribution in [0.3, 0.4) is 0 Å². The number of esters is 1. The van der Waals surface area contributed by atoms with Crippen molar-refractivity contribution in [3.05, 3.63) is 59.3 Å². The van der Waals surface area contributed by atoms with Crippen LogP contribution in [0, 0.1) is 0 Å². The van der Waals surface area contributed by atoms with Crippen LogP contribution >= 0.6 is 12.4 Å². The molecular weight excluding hydrogens is 368 g/mol. The van der Waals surface area contributed by atoms with Crippen LogP contribution in [0.25, 0.3) is 10.9 Å². The Labute approximate surface area is 165 Å². The second-order valence-electron chi connectivity index (χ2n) is 6.44. The molecule has 5 rings (SSSR count). The Hall–Kier alpha value is -2.70. The van der Waals surface area contributed by atoms with Crippen LogP contribution in [-0.2, 0) is 16.0 Å². The number of fused-ring (bicyclic) bond motifs is 4. The first-order chi connectivity index (χ1) is 13.4. The second kappa shape index (κ2) is 6.79. The smallest absolute Gasteiger partial charge is 0.323 e. The monoisotopic (exact) mass is 388 g/mol. The van der Waals surface area contributed by atoms with Gasteiger partial charge in [-0.15, -0.1) is 12.4 Å². The summed E-state index contributed by atoms with van der Waals surface area (Å²) in [6, 6.07) is 12.5. The molecule has 2 N–H and O–H groups in total. The van der Waals surface area contributed by atoms with Gasteiger partial charge in [-0.1, -0.05) is 24.3 Å². The van der Waals surface area contributed by atoms with Crippen molar-refractivity contribution in [3.8, 4) is 11.5 Å². The largest absolute Gasteiger partial charge is 0.468 e. The number of para-hydroxylation sites is 1. The first-order valence-electron chi connectivity index (χ1n) is 9.40. The van der Waals surface area contributed by atoms with Crippen LogP contribution in [-0.4, -0.2) is 30.8 Å². The number of aromatic nitrogens is 1. The van der Waals surface area contributed by atoms with Crippen molar-refractivity contribution in [2.45, 2.75) is 18.5 Å². The molecule has 0 saturated carbocycles. The van der Waals surface area contributed by atoms with Crippen molar-refractivity contribution in [2.24, 2.45) is 0 Å². The Morgan fingerprint density at radius 2 is 2.04 bits per heavy atom. The third kappa shape index (κ3) is 2.81. The zero-order valence-electron chi connectivity index (χ0n) is 16.4. The number of aromatic amines is 1. The molecule has 2 aliphatic heterocycles. The van der Waals surface area contributed by atoms with Gasteiger partial charge in [-0.3, -0.25) is 10.1 Å². The van der Waals surface area contributed by atoms with E-state index >= 15 is 0 Å². The highest BCUT2D eigenvalue weighted by molar-refractivity contribution is 5.87. The van der Waals surface area contributed by atoms with Gasteiger partial charge in [0.2, 0.25) is 6.75 Å². The van der Waals surface area contributed by atoms with E-state index in [0.717, 1.165) is 27.7 Å². The first-order valence-corrected chi connectivity index (χ1v) is 8.40. The van der Waals surface area contributed by atoms with Crippen LogP contribution in [0.5, 0.6) is 11.5 Å². The molecule has 0 aliphatic carbocycles. The molecule has 140 valence electrons. The fraction of sp³-hybridized carbons (Fsp3) is 0.250. The van der Waals surface area contributed by atoms with E-state index in [1.807, 2.05) is 30.3 Å². The van der Waals surface area contributed by atoms with E-state index in [4.69, 9.17) is 17.0 Å². The maximum atomic E-state index is 12.3. The number of ether oxygens (including phenoxy) is 3. The van der Waals surface area contributed by atoms with E-state index in [1.165, 1.54) is 7.11 Å². The third-order valence-corrected chi connectivity index (χ3v) is 5.00. The van der Waals surface area contributed by atoms with Crippen LogP contribution in [0.1, 0.15) is 25.6 Å². The van der Waals surface area contributed by atoms with Gasteiger partial charge in [-0.25, -0.2) is 0 Å². The molecular formula is C20H19ClN2O4. The van der Waals surface area contributed by atoms with Crippen molar-refractivity contribution >= 4 is 29.3 Å². The molecule has 2 aromatic carbocycles. The van der Waals surface area contributed by atoms with Gasteiger partial charge in [0.1, 0.15) is 8.78 Å². The minimum absolute atomic E-state index is 0. The number of benzene rings is 2. The molecule has 1 aromatic heterocycles. The first kappa shape index (κ1) is 15.4. The summed E-state index contributed by atoms with van der Waals surface area (Å²) in [5, 5.41) is 4.43. The SMILES string of the molecule is Cl.[2H]C1([2H])Oc2ccc([C@H]3N[C@@H](C(=O)OC)Cc4c3[nH]c3ccccc43)cc2O1. The standard InChI is InChI=1S/C20H18N2O4.ClH/c1-24-20(23)15-9-13-12-4-2-3-5-14(12)21-19(13)18(22-15)11-6-7-16-17(8-11)26-10-25-16;/h2-8,15,18,21-22H,9-10H2,1H3;1H/t15-,18-;/m1./s1/i10D2;. The molecule has 3 aromatic rings. The Bertz CT molecular complexity index is 1100. The van der Waals surface area contributed by atoms with Crippen LogP contribution in [0.2, 0.25) is 0 Å². The lowest BCUT2D eigenvalue weighted by atomic mass is 9.90. The average molecular weight is 389 g/mol. The van der Waals surface area contributed by atoms with E-state index in [9.17, 15) is 4.79 Å². The number of H-pyrrole nitrogens is 1. The van der Waals surface area contributed by atoms with E-state index in [2.05, 4.69) is 10.3 Å². The molecule has 27 heavy (non-hydrogen) atoms. The van der Waals surface area contributed by atoms with Gasteiger partial charge in [0.15, 0.2) is 11.5 Å². The second-order valence-corrected chi connectivity index (χ2v) is 6.44. The number of rotatable bonds is 2. The Morgan fingerprint density at radius 3 is 2.89 bits per heavy atom. The van der Waals surface area contributed by atoms with Gasteiger partial charge >= 0.3 is 5.97 Å². The molecule has 0 unspecified atom stereocenters. The van der Waals surface area contributed by atoms with Gasteiger partial charge in [0.25, 0.3) is 0 Å². The summed E-state index contributed by atoms with van der Waals surface area (Å²) in [6.45, 7) is -2.18. The van der Waals surface area contributed by atoms with Crippen molar-refractivity contribution in [3.63, 3.8) is 0 Å². The molecule has 0 spiro atoms. The molecule has 3 heterocycles. The maximum absolute atomic E-state index is 12.3. The predicted molar refractivity (Wildman–Crippen MR) is 103 cm³/mol. The maximum Gasteiger partial charge on any atom is 0.323 e. The molecule has 0 amide bonds. The summed E-state index contributed by atoms with van der Waals surface area (Å²) >= 11 is 0. The Morgan fingerprint density at radius 1 is 1.22 bits per heavy atom. The Kier molecular flexibility index (Phi) is 3.87.